The van der Waals surface area contributed by atoms with Crippen LogP contribution in [0.1, 0.15) is 20.8 Å². The topological polar surface area (TPSA) is 0 Å². The molecule has 0 rings (SSSR count). The second kappa shape index (κ2) is 9.85. The minimum absolute atomic E-state index is 0. The van der Waals surface area contributed by atoms with E-state index in [-0.39, 0.29) is 51.3 Å². The van der Waals surface area contributed by atoms with Crippen molar-refractivity contribution in [1.29, 1.82) is 0 Å². The van der Waals surface area contributed by atoms with Gasteiger partial charge in [0.15, 0.2) is 0 Å². The fourth-order valence-corrected chi connectivity index (χ4v) is 0. The Morgan fingerprint density at radius 3 is 1.00 bits per heavy atom. The van der Waals surface area contributed by atoms with Crippen LogP contribution in [0.15, 0.2) is 0 Å². The van der Waals surface area contributed by atoms with E-state index in [1.54, 1.807) is 0 Å². The molecule has 6 heavy (non-hydrogen) atoms. The molecule has 0 N–H and O–H groups in total. The number of hydrogen-bond donors (Lipinski definition) is 0. The van der Waals surface area contributed by atoms with Crippen molar-refractivity contribution < 1.29 is 51.3 Å². The Labute approximate surface area is 77.2 Å². The summed E-state index contributed by atoms with van der Waals surface area (Å²) in [6.07, 6.45) is 0. The van der Waals surface area contributed by atoms with E-state index < -0.39 is 0 Å². The number of rotatable bonds is 0. The van der Waals surface area contributed by atoms with Gasteiger partial charge in [-0.25, -0.2) is 0 Å². The zero-order chi connectivity index (χ0) is 3.58. The monoisotopic (exact) mass is 197 g/mol. The van der Waals surface area contributed by atoms with Crippen molar-refractivity contribution in [2.75, 3.05) is 0 Å². The summed E-state index contributed by atoms with van der Waals surface area (Å²) in [5.74, 6) is 1.42. The van der Waals surface area contributed by atoms with Crippen LogP contribution >= 0.6 is 0 Å². The summed E-state index contributed by atoms with van der Waals surface area (Å²) in [6.45, 7) is 6.25. The van der Waals surface area contributed by atoms with Crippen LogP contribution in [0.2, 0.25) is 0 Å². The van der Waals surface area contributed by atoms with E-state index in [1.807, 2.05) is 0 Å². The van der Waals surface area contributed by atoms with Crippen LogP contribution in [0.25, 0.3) is 0 Å². The molecular weight excluding hydrogens is 188 g/mol. The van der Waals surface area contributed by atoms with Crippen molar-refractivity contribution in [2.24, 2.45) is 0 Å². The minimum Gasteiger partial charge on any atom is -0.323 e. The molecule has 0 nitrogen and oxygen atoms in total. The van der Waals surface area contributed by atoms with Crippen molar-refractivity contribution in [3.63, 3.8) is 0 Å². The maximum absolute atomic E-state index is 2.08. The maximum Gasteiger partial charge on any atom is 0 e. The van der Waals surface area contributed by atoms with Gasteiger partial charge in [0, 0.05) is 51.3 Å². The SMILES string of the molecule is C[C-](C)C.[V].[Y]. The first-order valence-corrected chi connectivity index (χ1v) is 1.50. The maximum atomic E-state index is 2.08. The summed E-state index contributed by atoms with van der Waals surface area (Å²) in [5, 5.41) is 0. The predicted molar refractivity (Wildman–Crippen MR) is 20.3 cm³/mol. The van der Waals surface area contributed by atoms with E-state index >= 15 is 0 Å². The third kappa shape index (κ3) is 43.9. The van der Waals surface area contributed by atoms with E-state index in [1.165, 1.54) is 5.92 Å². The quantitative estimate of drug-likeness (QED) is 0.517. The standard InChI is InChI=1S/C4H9.V.Y/c1-4(2)3;;/h1-3H3;;/q-1;;. The van der Waals surface area contributed by atoms with Crippen LogP contribution < -0.4 is 0 Å². The van der Waals surface area contributed by atoms with Crippen LogP contribution in [0.5, 0.6) is 0 Å². The molecule has 0 aromatic heterocycles. The van der Waals surface area contributed by atoms with Gasteiger partial charge in [0.1, 0.15) is 0 Å². The normalized spacial score (nSPS) is 6.00. The Kier molecular flexibility index (Phi) is 25.7. The van der Waals surface area contributed by atoms with Gasteiger partial charge in [0.2, 0.25) is 0 Å². The zero-order valence-electron chi connectivity index (χ0n) is 4.52. The Bertz CT molecular complexity index is 12.3. The molecular formula is C4H9VY-. The van der Waals surface area contributed by atoms with E-state index in [2.05, 4.69) is 20.8 Å². The van der Waals surface area contributed by atoms with Crippen molar-refractivity contribution >= 4 is 0 Å². The summed E-state index contributed by atoms with van der Waals surface area (Å²) in [4.78, 5) is 0. The van der Waals surface area contributed by atoms with E-state index in [0.717, 1.165) is 0 Å². The van der Waals surface area contributed by atoms with Crippen molar-refractivity contribution in [3.8, 4) is 0 Å². The Morgan fingerprint density at radius 1 is 1.00 bits per heavy atom. The van der Waals surface area contributed by atoms with Crippen molar-refractivity contribution in [1.82, 2.24) is 0 Å². The molecule has 0 heterocycles. The zero-order valence-corrected chi connectivity index (χ0v) is 8.76. The molecule has 0 aliphatic rings. The fraction of sp³-hybridized carbons (Fsp3) is 0.750. The van der Waals surface area contributed by atoms with Gasteiger partial charge in [-0.3, -0.25) is 0 Å². The molecule has 0 aromatic carbocycles. The summed E-state index contributed by atoms with van der Waals surface area (Å²) >= 11 is 0. The minimum atomic E-state index is 0. The molecule has 0 fully saturated rings. The van der Waals surface area contributed by atoms with Crippen molar-refractivity contribution in [2.45, 2.75) is 20.8 Å². The summed E-state index contributed by atoms with van der Waals surface area (Å²) in [7, 11) is 0. The first kappa shape index (κ1) is 15.6. The first-order chi connectivity index (χ1) is 1.73. The molecule has 0 amide bonds. The molecule has 2 radical (unpaired) electrons. The van der Waals surface area contributed by atoms with Crippen LogP contribution in [0.3, 0.4) is 0 Å². The van der Waals surface area contributed by atoms with Crippen molar-refractivity contribution in [3.05, 3.63) is 5.92 Å². The second-order valence-electron chi connectivity index (χ2n) is 1.50. The van der Waals surface area contributed by atoms with E-state index in [9.17, 15) is 0 Å². The third-order valence-corrected chi connectivity index (χ3v) is 0. The average molecular weight is 197 g/mol. The van der Waals surface area contributed by atoms with Crippen LogP contribution in [-0.4, -0.2) is 0 Å². The van der Waals surface area contributed by atoms with Gasteiger partial charge in [-0.1, -0.05) is 0 Å². The van der Waals surface area contributed by atoms with E-state index in [4.69, 9.17) is 0 Å². The smallest absolute Gasteiger partial charge is 0 e. The largest absolute Gasteiger partial charge is 0.323 e. The van der Waals surface area contributed by atoms with Gasteiger partial charge in [-0.15, -0.1) is 0 Å². The Morgan fingerprint density at radius 2 is 1.00 bits per heavy atom. The summed E-state index contributed by atoms with van der Waals surface area (Å²) in [5.41, 5.74) is 0. The molecule has 0 spiro atoms. The molecule has 0 aliphatic carbocycles. The molecule has 2 heteroatoms. The Balaban J connectivity index is -0.0000000450. The van der Waals surface area contributed by atoms with Gasteiger partial charge < -0.3 is 5.92 Å². The van der Waals surface area contributed by atoms with Gasteiger partial charge in [-0.05, 0) is 0 Å². The molecule has 0 saturated carbocycles. The first-order valence-electron chi connectivity index (χ1n) is 1.50. The molecule has 0 bridgehead atoms. The molecule has 0 aromatic rings. The van der Waals surface area contributed by atoms with Crippen LogP contribution in [0, 0.1) is 5.92 Å². The molecule has 0 atom stereocenters. The molecule has 0 unspecified atom stereocenters. The Hall–Kier alpha value is 1.69. The molecule has 34 valence electrons. The summed E-state index contributed by atoms with van der Waals surface area (Å²) in [6, 6.07) is 0. The average Bonchev–Trinajstić information content (AvgIpc) is 0.811. The predicted octanol–water partition coefficient (Wildman–Crippen LogP) is 1.62. The fourth-order valence-electron chi connectivity index (χ4n) is 0. The molecule has 0 saturated heterocycles. The second-order valence-corrected chi connectivity index (χ2v) is 1.50. The third-order valence-electron chi connectivity index (χ3n) is 0. The number of hydrogen-bond acceptors (Lipinski definition) is 0. The van der Waals surface area contributed by atoms with Crippen LogP contribution in [0.4, 0.5) is 0 Å². The van der Waals surface area contributed by atoms with Gasteiger partial charge in [-0.2, -0.15) is 20.8 Å². The van der Waals surface area contributed by atoms with Gasteiger partial charge in [0.25, 0.3) is 0 Å². The molecule has 0 aliphatic heterocycles. The van der Waals surface area contributed by atoms with Gasteiger partial charge >= 0.3 is 0 Å². The van der Waals surface area contributed by atoms with Gasteiger partial charge in [0.05, 0.1) is 0 Å². The summed E-state index contributed by atoms with van der Waals surface area (Å²) < 4.78 is 0. The van der Waals surface area contributed by atoms with Crippen LogP contribution in [-0.2, 0) is 51.3 Å². The van der Waals surface area contributed by atoms with E-state index in [0.29, 0.717) is 0 Å².